The standard InChI is InChI=1S/C22H22N4O5/c1-12(2)30-19-9-6-13(10-14(19)11-23)21(27)31-26-20(24)17-5-3-4-16-15(17)7-8-18(16)25-22(28)29/h3-6,9-10,12,18,25H,7-8H2,1-2H3,(H2,24,26)(H,28,29). The fourth-order valence-electron chi connectivity index (χ4n) is 3.49. The van der Waals surface area contributed by atoms with Crippen LogP contribution in [0.5, 0.6) is 5.75 Å². The lowest BCUT2D eigenvalue weighted by molar-refractivity contribution is 0.0516. The molecule has 0 aromatic heterocycles. The minimum atomic E-state index is -1.10. The van der Waals surface area contributed by atoms with Gasteiger partial charge < -0.3 is 25.7 Å². The van der Waals surface area contributed by atoms with E-state index in [2.05, 4.69) is 10.5 Å². The van der Waals surface area contributed by atoms with Gasteiger partial charge in [0.05, 0.1) is 23.3 Å². The molecule has 1 atom stereocenters. The number of nitrogens with one attached hydrogen (secondary N) is 1. The predicted molar refractivity (Wildman–Crippen MR) is 112 cm³/mol. The van der Waals surface area contributed by atoms with Crippen LogP contribution >= 0.6 is 0 Å². The number of amidine groups is 1. The Balaban J connectivity index is 1.77. The second-order valence-corrected chi connectivity index (χ2v) is 7.26. The molecular weight excluding hydrogens is 400 g/mol. The zero-order chi connectivity index (χ0) is 22.5. The van der Waals surface area contributed by atoms with Gasteiger partial charge >= 0.3 is 12.1 Å². The molecule has 160 valence electrons. The molecule has 0 fully saturated rings. The van der Waals surface area contributed by atoms with E-state index in [1.54, 1.807) is 12.1 Å². The van der Waals surface area contributed by atoms with Gasteiger partial charge in [-0.05, 0) is 56.0 Å². The Bertz CT molecular complexity index is 1090. The van der Waals surface area contributed by atoms with Crippen LogP contribution in [0.3, 0.4) is 0 Å². The van der Waals surface area contributed by atoms with E-state index >= 15 is 0 Å². The second-order valence-electron chi connectivity index (χ2n) is 7.26. The molecule has 0 aliphatic heterocycles. The first kappa shape index (κ1) is 21.6. The molecule has 0 bridgehead atoms. The van der Waals surface area contributed by atoms with Crippen LogP contribution in [-0.4, -0.2) is 29.1 Å². The summed E-state index contributed by atoms with van der Waals surface area (Å²) in [6.45, 7) is 3.67. The number of amides is 1. The van der Waals surface area contributed by atoms with Crippen LogP contribution in [-0.2, 0) is 11.3 Å². The molecule has 2 aromatic rings. The quantitative estimate of drug-likeness (QED) is 0.280. The monoisotopic (exact) mass is 422 g/mol. The van der Waals surface area contributed by atoms with Crippen molar-refractivity contribution in [3.05, 3.63) is 64.2 Å². The van der Waals surface area contributed by atoms with Crippen LogP contribution in [0, 0.1) is 11.3 Å². The van der Waals surface area contributed by atoms with Gasteiger partial charge in [0.15, 0.2) is 5.84 Å². The summed E-state index contributed by atoms with van der Waals surface area (Å²) in [5.74, 6) is -0.392. The average Bonchev–Trinajstić information content (AvgIpc) is 3.13. The normalized spacial score (nSPS) is 15.2. The number of carboxylic acid groups (broad SMARTS) is 1. The highest BCUT2D eigenvalue weighted by atomic mass is 16.7. The topological polar surface area (TPSA) is 147 Å². The van der Waals surface area contributed by atoms with Crippen molar-refractivity contribution < 1.29 is 24.3 Å². The van der Waals surface area contributed by atoms with E-state index in [4.69, 9.17) is 20.4 Å². The highest BCUT2D eigenvalue weighted by Crippen LogP contribution is 2.33. The lowest BCUT2D eigenvalue weighted by atomic mass is 10.0. The summed E-state index contributed by atoms with van der Waals surface area (Å²) in [5, 5.41) is 24.5. The Morgan fingerprint density at radius 3 is 2.77 bits per heavy atom. The molecule has 1 aliphatic carbocycles. The highest BCUT2D eigenvalue weighted by Gasteiger charge is 2.26. The summed E-state index contributed by atoms with van der Waals surface area (Å²) in [6.07, 6.45) is 0.00394. The summed E-state index contributed by atoms with van der Waals surface area (Å²) < 4.78 is 5.54. The lowest BCUT2D eigenvalue weighted by Crippen LogP contribution is -2.25. The molecule has 0 spiro atoms. The molecule has 1 amide bonds. The van der Waals surface area contributed by atoms with E-state index in [-0.39, 0.29) is 29.1 Å². The fourth-order valence-corrected chi connectivity index (χ4v) is 3.49. The summed E-state index contributed by atoms with van der Waals surface area (Å²) >= 11 is 0. The molecule has 0 saturated carbocycles. The van der Waals surface area contributed by atoms with E-state index in [1.165, 1.54) is 18.2 Å². The number of carbonyl (C=O) groups excluding carboxylic acids is 1. The summed E-state index contributed by atoms with van der Waals surface area (Å²) in [4.78, 5) is 28.3. The number of ether oxygens (including phenoxy) is 1. The SMILES string of the molecule is CC(C)Oc1ccc(C(=O)ON=C(N)c2cccc3c2CCC3NC(=O)O)cc1C#N. The smallest absolute Gasteiger partial charge is 0.405 e. The fraction of sp³-hybridized carbons (Fsp3) is 0.273. The molecule has 3 rings (SSSR count). The Morgan fingerprint density at radius 1 is 1.32 bits per heavy atom. The van der Waals surface area contributed by atoms with Crippen LogP contribution in [0.1, 0.15) is 58.9 Å². The summed E-state index contributed by atoms with van der Waals surface area (Å²) in [6, 6.07) is 11.4. The van der Waals surface area contributed by atoms with Crippen molar-refractivity contribution in [3.63, 3.8) is 0 Å². The first-order chi connectivity index (χ1) is 14.8. The molecule has 2 aromatic carbocycles. The third kappa shape index (κ3) is 4.93. The minimum absolute atomic E-state index is 0.00134. The van der Waals surface area contributed by atoms with Gasteiger partial charge in [-0.3, -0.25) is 0 Å². The van der Waals surface area contributed by atoms with E-state index in [0.717, 1.165) is 11.1 Å². The van der Waals surface area contributed by atoms with E-state index in [0.29, 0.717) is 24.2 Å². The van der Waals surface area contributed by atoms with Crippen molar-refractivity contribution >= 4 is 17.9 Å². The Kier molecular flexibility index (Phi) is 6.40. The minimum Gasteiger partial charge on any atom is -0.490 e. The van der Waals surface area contributed by atoms with Crippen molar-refractivity contribution in [2.75, 3.05) is 0 Å². The number of nitrogens with zero attached hydrogens (tertiary/aromatic N) is 2. The maximum atomic E-state index is 12.4. The molecule has 9 nitrogen and oxygen atoms in total. The second kappa shape index (κ2) is 9.17. The van der Waals surface area contributed by atoms with E-state index in [9.17, 15) is 14.9 Å². The van der Waals surface area contributed by atoms with E-state index in [1.807, 2.05) is 26.0 Å². The average molecular weight is 422 g/mol. The Morgan fingerprint density at radius 2 is 2.10 bits per heavy atom. The molecule has 0 heterocycles. The molecule has 4 N–H and O–H groups in total. The van der Waals surface area contributed by atoms with Crippen molar-refractivity contribution in [1.29, 1.82) is 5.26 Å². The predicted octanol–water partition coefficient (Wildman–Crippen LogP) is 3.08. The van der Waals surface area contributed by atoms with Crippen molar-refractivity contribution in [1.82, 2.24) is 5.32 Å². The Hall–Kier alpha value is -4.06. The molecule has 0 radical (unpaired) electrons. The first-order valence-electron chi connectivity index (χ1n) is 9.67. The van der Waals surface area contributed by atoms with Gasteiger partial charge in [0.25, 0.3) is 0 Å². The van der Waals surface area contributed by atoms with Crippen LogP contribution < -0.4 is 15.8 Å². The molecule has 9 heteroatoms. The molecule has 0 saturated heterocycles. The number of carbonyl (C=O) groups is 2. The molecule has 1 aliphatic rings. The van der Waals surface area contributed by atoms with Gasteiger partial charge in [-0.2, -0.15) is 5.26 Å². The van der Waals surface area contributed by atoms with Gasteiger partial charge in [-0.25, -0.2) is 9.59 Å². The largest absolute Gasteiger partial charge is 0.490 e. The van der Waals surface area contributed by atoms with Gasteiger partial charge in [-0.15, -0.1) is 0 Å². The number of hydrogen-bond acceptors (Lipinski definition) is 6. The zero-order valence-electron chi connectivity index (χ0n) is 17.1. The Labute approximate surface area is 179 Å². The van der Waals surface area contributed by atoms with Gasteiger partial charge in [0, 0.05) is 5.56 Å². The number of fused-ring (bicyclic) bond motifs is 1. The van der Waals surface area contributed by atoms with Crippen molar-refractivity contribution in [2.45, 2.75) is 38.8 Å². The number of benzene rings is 2. The molecule has 31 heavy (non-hydrogen) atoms. The maximum absolute atomic E-state index is 12.4. The maximum Gasteiger partial charge on any atom is 0.405 e. The number of rotatable bonds is 6. The molecular formula is C22H22N4O5. The van der Waals surface area contributed by atoms with Crippen LogP contribution in [0.15, 0.2) is 41.6 Å². The third-order valence-electron chi connectivity index (χ3n) is 4.77. The molecule has 1 unspecified atom stereocenters. The van der Waals surface area contributed by atoms with Crippen molar-refractivity contribution in [2.24, 2.45) is 10.9 Å². The van der Waals surface area contributed by atoms with Crippen molar-refractivity contribution in [3.8, 4) is 11.8 Å². The van der Waals surface area contributed by atoms with Crippen LogP contribution in [0.4, 0.5) is 4.79 Å². The van der Waals surface area contributed by atoms with E-state index < -0.39 is 12.1 Å². The highest BCUT2D eigenvalue weighted by molar-refractivity contribution is 6.00. The third-order valence-corrected chi connectivity index (χ3v) is 4.77. The first-order valence-corrected chi connectivity index (χ1v) is 9.67. The van der Waals surface area contributed by atoms with Crippen LogP contribution in [0.25, 0.3) is 0 Å². The van der Waals surface area contributed by atoms with Gasteiger partial charge in [0.1, 0.15) is 11.8 Å². The number of hydrogen-bond donors (Lipinski definition) is 3. The zero-order valence-corrected chi connectivity index (χ0v) is 17.1. The summed E-state index contributed by atoms with van der Waals surface area (Å²) in [5.41, 5.74) is 8.65. The lowest BCUT2D eigenvalue weighted by Gasteiger charge is -2.12. The van der Waals surface area contributed by atoms with Gasteiger partial charge in [-0.1, -0.05) is 23.4 Å². The van der Waals surface area contributed by atoms with Crippen LogP contribution in [0.2, 0.25) is 0 Å². The number of nitrogens with two attached hydrogens (primary N) is 1. The van der Waals surface area contributed by atoms with Gasteiger partial charge in [0.2, 0.25) is 0 Å². The summed E-state index contributed by atoms with van der Waals surface area (Å²) in [7, 11) is 0. The number of nitriles is 1. The number of oxime groups is 1.